The van der Waals surface area contributed by atoms with Crippen LogP contribution in [0.5, 0.6) is 0 Å². The number of nitrogens with zero attached hydrogens (tertiary/aromatic N) is 2. The van der Waals surface area contributed by atoms with E-state index in [0.717, 1.165) is 21.7 Å². The van der Waals surface area contributed by atoms with Gasteiger partial charge in [0.25, 0.3) is 11.6 Å². The van der Waals surface area contributed by atoms with Gasteiger partial charge in [0.2, 0.25) is 0 Å². The van der Waals surface area contributed by atoms with Crippen LogP contribution in [0.15, 0.2) is 16.7 Å². The minimum Gasteiger partial charge on any atom is -0.452 e. The summed E-state index contributed by atoms with van der Waals surface area (Å²) in [5.74, 6) is -1.46. The van der Waals surface area contributed by atoms with Crippen molar-refractivity contribution in [3.8, 4) is 11.3 Å². The Morgan fingerprint density at radius 1 is 1.20 bits per heavy atom. The Morgan fingerprint density at radius 2 is 1.97 bits per heavy atom. The molecule has 158 valence electrons. The van der Waals surface area contributed by atoms with E-state index in [4.69, 9.17) is 9.26 Å². The van der Waals surface area contributed by atoms with Gasteiger partial charge in [0, 0.05) is 21.9 Å². The van der Waals surface area contributed by atoms with E-state index in [1.165, 1.54) is 0 Å². The summed E-state index contributed by atoms with van der Waals surface area (Å²) in [6.45, 7) is 7.37. The Balaban J connectivity index is 1.83. The molecule has 3 aromatic rings. The number of hydrogen-bond donors (Lipinski definition) is 2. The standard InChI is InChI=1S/C20H22N4O5S/c1-5-6-21-20(27)23-16(25)9-28-19(26)14-8-15(13-7-10(2)30-12(13)4)22-18-17(14)11(3)24-29-18/h7-8H,5-6,9H2,1-4H3,(H2,21,23,25,27). The number of aryl methyl sites for hydroxylation is 3. The van der Waals surface area contributed by atoms with E-state index >= 15 is 0 Å². The minimum absolute atomic E-state index is 0.195. The third-order valence-electron chi connectivity index (χ3n) is 4.28. The molecule has 3 rings (SSSR count). The number of rotatable bonds is 6. The monoisotopic (exact) mass is 430 g/mol. The second-order valence-corrected chi connectivity index (χ2v) is 8.17. The number of fused-ring (bicyclic) bond motifs is 1. The van der Waals surface area contributed by atoms with Gasteiger partial charge >= 0.3 is 12.0 Å². The molecule has 0 aromatic carbocycles. The van der Waals surface area contributed by atoms with Crippen LogP contribution in [0.2, 0.25) is 0 Å². The first-order valence-electron chi connectivity index (χ1n) is 9.39. The van der Waals surface area contributed by atoms with E-state index in [0.29, 0.717) is 23.3 Å². The largest absolute Gasteiger partial charge is 0.452 e. The van der Waals surface area contributed by atoms with Crippen molar-refractivity contribution in [2.45, 2.75) is 34.1 Å². The number of ether oxygens (including phenoxy) is 1. The van der Waals surface area contributed by atoms with Crippen LogP contribution in [0.25, 0.3) is 22.4 Å². The van der Waals surface area contributed by atoms with Gasteiger partial charge in [0.1, 0.15) is 0 Å². The molecule has 9 nitrogen and oxygen atoms in total. The number of urea groups is 1. The summed E-state index contributed by atoms with van der Waals surface area (Å²) < 4.78 is 10.4. The molecule has 0 saturated carbocycles. The molecule has 0 saturated heterocycles. The summed E-state index contributed by atoms with van der Waals surface area (Å²) >= 11 is 1.62. The van der Waals surface area contributed by atoms with Gasteiger partial charge in [-0.3, -0.25) is 10.1 Å². The van der Waals surface area contributed by atoms with Gasteiger partial charge in [0.15, 0.2) is 6.61 Å². The lowest BCUT2D eigenvalue weighted by molar-refractivity contribution is -0.123. The van der Waals surface area contributed by atoms with Crippen LogP contribution >= 0.6 is 11.3 Å². The van der Waals surface area contributed by atoms with Crippen LogP contribution in [0.3, 0.4) is 0 Å². The molecular weight excluding hydrogens is 408 g/mol. The molecule has 10 heteroatoms. The molecule has 0 unspecified atom stereocenters. The summed E-state index contributed by atoms with van der Waals surface area (Å²) in [4.78, 5) is 42.8. The highest BCUT2D eigenvalue weighted by molar-refractivity contribution is 7.12. The summed E-state index contributed by atoms with van der Waals surface area (Å²) in [5, 5.41) is 8.92. The number of nitrogens with one attached hydrogen (secondary N) is 2. The number of aromatic nitrogens is 2. The number of imide groups is 1. The third-order valence-corrected chi connectivity index (χ3v) is 5.24. The van der Waals surface area contributed by atoms with Crippen molar-refractivity contribution < 1.29 is 23.6 Å². The second kappa shape index (κ2) is 9.04. The molecule has 0 radical (unpaired) electrons. The van der Waals surface area contributed by atoms with Gasteiger partial charge in [-0.1, -0.05) is 12.1 Å². The Bertz CT molecular complexity index is 1120. The molecule has 0 spiro atoms. The van der Waals surface area contributed by atoms with Gasteiger partial charge < -0.3 is 14.6 Å². The lowest BCUT2D eigenvalue weighted by Crippen LogP contribution is -2.41. The molecule has 0 aliphatic rings. The molecule has 3 aromatic heterocycles. The van der Waals surface area contributed by atoms with Crippen molar-refractivity contribution in [1.82, 2.24) is 20.8 Å². The van der Waals surface area contributed by atoms with E-state index in [1.807, 2.05) is 26.8 Å². The van der Waals surface area contributed by atoms with Crippen LogP contribution in [0, 0.1) is 20.8 Å². The molecule has 30 heavy (non-hydrogen) atoms. The highest BCUT2D eigenvalue weighted by atomic mass is 32.1. The molecule has 0 fully saturated rings. The maximum atomic E-state index is 12.7. The highest BCUT2D eigenvalue weighted by Crippen LogP contribution is 2.33. The fraction of sp³-hybridized carbons (Fsp3) is 0.350. The zero-order valence-corrected chi connectivity index (χ0v) is 17.9. The summed E-state index contributed by atoms with van der Waals surface area (Å²) in [7, 11) is 0. The van der Waals surface area contributed by atoms with Gasteiger partial charge in [-0.25, -0.2) is 14.6 Å². The first kappa shape index (κ1) is 21.4. The Morgan fingerprint density at radius 3 is 2.63 bits per heavy atom. The number of esters is 1. The van der Waals surface area contributed by atoms with E-state index in [-0.39, 0.29) is 11.3 Å². The Hall–Kier alpha value is -3.27. The Kier molecular flexibility index (Phi) is 6.46. The van der Waals surface area contributed by atoms with Crippen molar-refractivity contribution in [2.75, 3.05) is 13.2 Å². The first-order valence-corrected chi connectivity index (χ1v) is 10.2. The van der Waals surface area contributed by atoms with E-state index in [9.17, 15) is 14.4 Å². The zero-order chi connectivity index (χ0) is 21.8. The molecule has 2 N–H and O–H groups in total. The lowest BCUT2D eigenvalue weighted by atomic mass is 10.1. The topological polar surface area (TPSA) is 123 Å². The van der Waals surface area contributed by atoms with E-state index in [2.05, 4.69) is 20.8 Å². The quantitative estimate of drug-likeness (QED) is 0.575. The minimum atomic E-state index is -0.733. The van der Waals surface area contributed by atoms with Crippen LogP contribution in [-0.2, 0) is 9.53 Å². The van der Waals surface area contributed by atoms with E-state index < -0.39 is 24.5 Å². The van der Waals surface area contributed by atoms with Crippen molar-refractivity contribution in [2.24, 2.45) is 0 Å². The molecule has 0 bridgehead atoms. The predicted octanol–water partition coefficient (Wildman–Crippen LogP) is 3.27. The Labute approximate surface area is 176 Å². The number of carbonyl (C=O) groups is 3. The van der Waals surface area contributed by atoms with Gasteiger partial charge in [0.05, 0.1) is 22.3 Å². The van der Waals surface area contributed by atoms with Crippen molar-refractivity contribution in [1.29, 1.82) is 0 Å². The predicted molar refractivity (Wildman–Crippen MR) is 111 cm³/mol. The SMILES string of the molecule is CCCNC(=O)NC(=O)COC(=O)c1cc(-c2cc(C)sc2C)nc2onc(C)c12. The van der Waals surface area contributed by atoms with Gasteiger partial charge in [-0.15, -0.1) is 11.3 Å². The molecule has 0 aliphatic carbocycles. The average Bonchev–Trinajstić information content (AvgIpc) is 3.25. The van der Waals surface area contributed by atoms with Crippen LogP contribution in [0.4, 0.5) is 4.79 Å². The van der Waals surface area contributed by atoms with Crippen molar-refractivity contribution >= 4 is 40.3 Å². The number of pyridine rings is 1. The first-order chi connectivity index (χ1) is 14.3. The summed E-state index contributed by atoms with van der Waals surface area (Å²) in [6, 6.07) is 2.95. The van der Waals surface area contributed by atoms with Crippen molar-refractivity contribution in [3.63, 3.8) is 0 Å². The normalized spacial score (nSPS) is 10.8. The molecule has 0 aliphatic heterocycles. The number of hydrogen-bond acceptors (Lipinski definition) is 8. The molecule has 3 amide bonds. The molecule has 3 heterocycles. The smallest absolute Gasteiger partial charge is 0.339 e. The maximum absolute atomic E-state index is 12.7. The second-order valence-electron chi connectivity index (χ2n) is 6.71. The van der Waals surface area contributed by atoms with Crippen LogP contribution in [0.1, 0.15) is 39.2 Å². The number of carbonyl (C=O) groups excluding carboxylic acids is 3. The van der Waals surface area contributed by atoms with Gasteiger partial charge in [-0.05, 0) is 39.3 Å². The fourth-order valence-corrected chi connectivity index (χ4v) is 3.87. The summed E-state index contributed by atoms with van der Waals surface area (Å²) in [5.41, 5.74) is 2.32. The van der Waals surface area contributed by atoms with Crippen LogP contribution < -0.4 is 10.6 Å². The zero-order valence-electron chi connectivity index (χ0n) is 17.1. The highest BCUT2D eigenvalue weighted by Gasteiger charge is 2.22. The maximum Gasteiger partial charge on any atom is 0.339 e. The van der Waals surface area contributed by atoms with Gasteiger partial charge in [-0.2, -0.15) is 0 Å². The summed E-state index contributed by atoms with van der Waals surface area (Å²) in [6.07, 6.45) is 0.734. The van der Waals surface area contributed by atoms with Crippen molar-refractivity contribution in [3.05, 3.63) is 33.1 Å². The molecule has 0 atom stereocenters. The third kappa shape index (κ3) is 4.65. The van der Waals surface area contributed by atoms with Crippen LogP contribution in [-0.4, -0.2) is 41.2 Å². The average molecular weight is 430 g/mol. The lowest BCUT2D eigenvalue weighted by Gasteiger charge is -2.08. The fourth-order valence-electron chi connectivity index (χ4n) is 2.93. The molecular formula is C20H22N4O5S. The number of thiophene rings is 1. The number of amides is 3. The van der Waals surface area contributed by atoms with E-state index in [1.54, 1.807) is 24.3 Å².